The molecule has 1 aliphatic rings. The summed E-state index contributed by atoms with van der Waals surface area (Å²) in [5.41, 5.74) is -1.58. The van der Waals surface area contributed by atoms with E-state index in [1.54, 1.807) is 50.2 Å². The highest BCUT2D eigenvalue weighted by atomic mass is 16.6. The fourth-order valence-electron chi connectivity index (χ4n) is 3.57. The van der Waals surface area contributed by atoms with Crippen molar-refractivity contribution in [3.05, 3.63) is 65.2 Å². The number of esters is 2. The van der Waals surface area contributed by atoms with Crippen LogP contribution in [0.15, 0.2) is 48.5 Å². The number of hydrogen-bond donors (Lipinski definition) is 0. The molecule has 162 valence electrons. The second-order valence-electron chi connectivity index (χ2n) is 6.82. The number of methoxy groups -OCH3 is 1. The minimum atomic E-state index is -2.31. The van der Waals surface area contributed by atoms with E-state index in [4.69, 9.17) is 14.2 Å². The van der Waals surface area contributed by atoms with Gasteiger partial charge in [-0.3, -0.25) is 9.59 Å². The average molecular weight is 426 g/mol. The number of ether oxygens (including phenoxy) is 3. The standard InChI is InChI=1S/C23H23NO7/c1-4-30-21(27)23(22(28)31-5-2,14-15-10-12-16(29-3)13-11-15)24-19(25)17-8-6-7-9-18(17)20(24)26/h6-13H,4-5,14H2,1-3H3/i15+1. The molecule has 0 bridgehead atoms. The minimum absolute atomic E-state index is 0.0498. The first kappa shape index (κ1) is 22.0. The van der Waals surface area contributed by atoms with E-state index in [1.807, 2.05) is 0 Å². The maximum atomic E-state index is 13.2. The second-order valence-corrected chi connectivity index (χ2v) is 6.82. The Balaban J connectivity index is 2.18. The maximum absolute atomic E-state index is 13.2. The molecule has 0 aliphatic carbocycles. The Bertz CT molecular complexity index is 960. The topological polar surface area (TPSA) is 99.2 Å². The monoisotopic (exact) mass is 426 g/mol. The molecule has 0 aromatic heterocycles. The summed E-state index contributed by atoms with van der Waals surface area (Å²) in [6.45, 7) is 3.05. The van der Waals surface area contributed by atoms with Crippen LogP contribution in [0.2, 0.25) is 0 Å². The first-order valence-electron chi connectivity index (χ1n) is 9.86. The highest BCUT2D eigenvalue weighted by Crippen LogP contribution is 2.34. The van der Waals surface area contributed by atoms with Crippen LogP contribution in [0.25, 0.3) is 0 Å². The third kappa shape index (κ3) is 3.76. The molecule has 3 rings (SSSR count). The van der Waals surface area contributed by atoms with Crippen LogP contribution in [0.1, 0.15) is 40.1 Å². The van der Waals surface area contributed by atoms with E-state index >= 15 is 0 Å². The van der Waals surface area contributed by atoms with Crippen molar-refractivity contribution in [1.29, 1.82) is 0 Å². The summed E-state index contributed by atoms with van der Waals surface area (Å²) in [4.78, 5) is 53.6. The lowest BCUT2D eigenvalue weighted by Gasteiger charge is -2.35. The molecule has 0 fully saturated rings. The molecule has 0 spiro atoms. The van der Waals surface area contributed by atoms with E-state index < -0.39 is 29.3 Å². The van der Waals surface area contributed by atoms with Crippen LogP contribution < -0.4 is 4.74 Å². The van der Waals surface area contributed by atoms with E-state index in [9.17, 15) is 19.2 Å². The summed E-state index contributed by atoms with van der Waals surface area (Å²) >= 11 is 0. The zero-order chi connectivity index (χ0) is 22.6. The van der Waals surface area contributed by atoms with Crippen LogP contribution in [0, 0.1) is 0 Å². The molecule has 1 heterocycles. The molecule has 8 nitrogen and oxygen atoms in total. The normalized spacial score (nSPS) is 13.1. The van der Waals surface area contributed by atoms with E-state index in [1.165, 1.54) is 19.2 Å². The number of nitrogens with zero attached hydrogens (tertiary/aromatic N) is 1. The van der Waals surface area contributed by atoms with Crippen molar-refractivity contribution in [2.45, 2.75) is 25.8 Å². The van der Waals surface area contributed by atoms with Gasteiger partial charge in [0.05, 0.1) is 31.5 Å². The number of carbonyl (C=O) groups excluding carboxylic acids is 4. The highest BCUT2D eigenvalue weighted by molar-refractivity contribution is 6.26. The summed E-state index contributed by atoms with van der Waals surface area (Å²) in [5.74, 6) is -3.00. The molecule has 0 saturated heterocycles. The van der Waals surface area contributed by atoms with Gasteiger partial charge in [-0.15, -0.1) is 0 Å². The number of benzene rings is 2. The predicted molar refractivity (Wildman–Crippen MR) is 110 cm³/mol. The van der Waals surface area contributed by atoms with Gasteiger partial charge in [-0.1, -0.05) is 24.3 Å². The third-order valence-electron chi connectivity index (χ3n) is 5.02. The number of hydrogen-bond acceptors (Lipinski definition) is 7. The van der Waals surface area contributed by atoms with Gasteiger partial charge < -0.3 is 14.2 Å². The SMILES string of the molecule is CCOC(=O)C(C[13c]1ccc(OC)cc1)(C(=O)OCC)N1C(=O)c2ccccc2C1=O. The van der Waals surface area contributed by atoms with Gasteiger partial charge in [-0.05, 0) is 43.7 Å². The Labute approximate surface area is 179 Å². The van der Waals surface area contributed by atoms with Crippen LogP contribution >= 0.6 is 0 Å². The number of carbonyl (C=O) groups is 4. The van der Waals surface area contributed by atoms with Gasteiger partial charge >= 0.3 is 11.9 Å². The van der Waals surface area contributed by atoms with E-state index in [0.29, 0.717) is 16.2 Å². The largest absolute Gasteiger partial charge is 0.497 e. The summed E-state index contributed by atoms with van der Waals surface area (Å²) in [5, 5.41) is 0. The first-order valence-corrected chi connectivity index (χ1v) is 9.86. The van der Waals surface area contributed by atoms with Crippen molar-refractivity contribution in [3.63, 3.8) is 0 Å². The Kier molecular flexibility index (Phi) is 6.39. The molecular formula is C23H23NO7. The highest BCUT2D eigenvalue weighted by Gasteiger charge is 2.61. The molecule has 31 heavy (non-hydrogen) atoms. The quantitative estimate of drug-likeness (QED) is 0.363. The molecule has 0 unspecified atom stereocenters. The molecule has 0 radical (unpaired) electrons. The summed E-state index contributed by atoms with van der Waals surface area (Å²) in [7, 11) is 1.51. The maximum Gasteiger partial charge on any atom is 0.344 e. The fourth-order valence-corrected chi connectivity index (χ4v) is 3.57. The molecule has 0 saturated carbocycles. The molecule has 8 heteroatoms. The van der Waals surface area contributed by atoms with Crippen LogP contribution in [-0.4, -0.2) is 54.5 Å². The van der Waals surface area contributed by atoms with Gasteiger partial charge in [0, 0.05) is 6.42 Å². The Morgan fingerprint density at radius 3 is 1.74 bits per heavy atom. The molecule has 0 N–H and O–H groups in total. The van der Waals surface area contributed by atoms with Crippen molar-refractivity contribution in [2.24, 2.45) is 0 Å². The van der Waals surface area contributed by atoms with Gasteiger partial charge in [0.25, 0.3) is 11.8 Å². The van der Waals surface area contributed by atoms with Crippen molar-refractivity contribution in [2.75, 3.05) is 20.3 Å². The van der Waals surface area contributed by atoms with Crippen molar-refractivity contribution < 1.29 is 33.4 Å². The molecular weight excluding hydrogens is 403 g/mol. The van der Waals surface area contributed by atoms with Gasteiger partial charge in [-0.2, -0.15) is 0 Å². The van der Waals surface area contributed by atoms with Crippen LogP contribution in [0.4, 0.5) is 0 Å². The molecule has 2 amide bonds. The van der Waals surface area contributed by atoms with Crippen molar-refractivity contribution in [3.8, 4) is 5.75 Å². The summed E-state index contributed by atoms with van der Waals surface area (Å²) < 4.78 is 15.5. The predicted octanol–water partition coefficient (Wildman–Crippen LogP) is 2.40. The Morgan fingerprint density at radius 1 is 0.839 bits per heavy atom. The minimum Gasteiger partial charge on any atom is -0.497 e. The first-order chi connectivity index (χ1) is 14.9. The number of amides is 2. The van der Waals surface area contributed by atoms with Crippen molar-refractivity contribution >= 4 is 23.8 Å². The Hall–Kier alpha value is -3.68. The smallest absolute Gasteiger partial charge is 0.344 e. The lowest BCUT2D eigenvalue weighted by atomic mass is 9.94. The van der Waals surface area contributed by atoms with E-state index in [-0.39, 0.29) is 30.8 Å². The van der Waals surface area contributed by atoms with Crippen LogP contribution in [0.3, 0.4) is 0 Å². The fraction of sp³-hybridized carbons (Fsp3) is 0.304. The van der Waals surface area contributed by atoms with Gasteiger partial charge in [0.2, 0.25) is 5.54 Å². The number of imide groups is 1. The summed E-state index contributed by atoms with van der Waals surface area (Å²) in [6.07, 6.45) is -0.305. The molecule has 1 aliphatic heterocycles. The lowest BCUT2D eigenvalue weighted by Crippen LogP contribution is -2.64. The zero-order valence-corrected chi connectivity index (χ0v) is 17.5. The zero-order valence-electron chi connectivity index (χ0n) is 17.5. The average Bonchev–Trinajstić information content (AvgIpc) is 3.03. The molecule has 2 aromatic rings. The van der Waals surface area contributed by atoms with Gasteiger partial charge in [0.1, 0.15) is 5.75 Å². The third-order valence-corrected chi connectivity index (χ3v) is 5.02. The molecule has 2 aromatic carbocycles. The van der Waals surface area contributed by atoms with Crippen LogP contribution in [-0.2, 0) is 25.5 Å². The number of fused-ring (bicyclic) bond motifs is 1. The van der Waals surface area contributed by atoms with Gasteiger partial charge in [0.15, 0.2) is 0 Å². The Morgan fingerprint density at radius 2 is 1.32 bits per heavy atom. The van der Waals surface area contributed by atoms with Crippen molar-refractivity contribution in [1.82, 2.24) is 4.90 Å². The second kappa shape index (κ2) is 8.99. The van der Waals surface area contributed by atoms with Gasteiger partial charge in [-0.25, -0.2) is 14.5 Å². The van der Waals surface area contributed by atoms with E-state index in [0.717, 1.165) is 0 Å². The van der Waals surface area contributed by atoms with Crippen LogP contribution in [0.5, 0.6) is 5.75 Å². The van der Waals surface area contributed by atoms with E-state index in [2.05, 4.69) is 0 Å². The molecule has 0 atom stereocenters. The summed E-state index contributed by atoms with van der Waals surface area (Å²) in [6, 6.07) is 12.8. The lowest BCUT2D eigenvalue weighted by molar-refractivity contribution is -0.171. The number of rotatable bonds is 8.